The predicted octanol–water partition coefficient (Wildman–Crippen LogP) is 3.98. The number of carboxylic acid groups (broad SMARTS) is 1. The summed E-state index contributed by atoms with van der Waals surface area (Å²) in [4.78, 5) is 36.5. The molecule has 1 aliphatic rings. The SMILES string of the molecule is CC(=O)Oc1cccc2cc(-c3scc(NC(=O)c4cc5c(o4)=CCCC=5)c3C(=O)O)oc12. The Bertz CT molecular complexity index is 1520. The summed E-state index contributed by atoms with van der Waals surface area (Å²) >= 11 is 1.12. The summed E-state index contributed by atoms with van der Waals surface area (Å²) in [6.07, 6.45) is 5.63. The zero-order chi connectivity index (χ0) is 23.1. The van der Waals surface area contributed by atoms with Crippen LogP contribution in [-0.4, -0.2) is 23.0 Å². The first-order chi connectivity index (χ1) is 15.9. The van der Waals surface area contributed by atoms with Crippen LogP contribution in [0.4, 0.5) is 5.69 Å². The zero-order valence-corrected chi connectivity index (χ0v) is 18.2. The molecule has 0 spiro atoms. The van der Waals surface area contributed by atoms with Gasteiger partial charge in [0.2, 0.25) is 0 Å². The van der Waals surface area contributed by atoms with Crippen molar-refractivity contribution >= 4 is 58.0 Å². The van der Waals surface area contributed by atoms with Crippen molar-refractivity contribution in [2.24, 2.45) is 0 Å². The molecule has 0 atom stereocenters. The molecule has 4 aromatic rings. The van der Waals surface area contributed by atoms with Crippen LogP contribution >= 0.6 is 11.3 Å². The summed E-state index contributed by atoms with van der Waals surface area (Å²) in [6, 6.07) is 8.37. The van der Waals surface area contributed by atoms with E-state index in [1.54, 1.807) is 30.3 Å². The van der Waals surface area contributed by atoms with Gasteiger partial charge in [-0.25, -0.2) is 4.79 Å². The summed E-state index contributed by atoms with van der Waals surface area (Å²) < 4.78 is 16.7. The Hall–Kier alpha value is -4.11. The Kier molecular flexibility index (Phi) is 5.10. The maximum atomic E-state index is 12.7. The maximum absolute atomic E-state index is 12.7. The van der Waals surface area contributed by atoms with E-state index in [0.29, 0.717) is 21.3 Å². The highest BCUT2D eigenvalue weighted by atomic mass is 32.1. The summed E-state index contributed by atoms with van der Waals surface area (Å²) in [5.41, 5.74) is 1.000. The van der Waals surface area contributed by atoms with Crippen LogP contribution in [0.25, 0.3) is 33.8 Å². The Balaban J connectivity index is 1.51. The van der Waals surface area contributed by atoms with Crippen LogP contribution in [0.15, 0.2) is 44.5 Å². The fourth-order valence-corrected chi connectivity index (χ4v) is 4.66. The number of ether oxygens (including phenoxy) is 1. The number of carbonyl (C=O) groups excluding carboxylic acids is 2. The first-order valence-electron chi connectivity index (χ1n) is 10.1. The number of anilines is 1. The Labute approximate surface area is 190 Å². The molecule has 3 heterocycles. The van der Waals surface area contributed by atoms with Gasteiger partial charge in [0.05, 0.1) is 10.6 Å². The number of fused-ring (bicyclic) bond motifs is 2. The van der Waals surface area contributed by atoms with Crippen molar-refractivity contribution in [3.05, 3.63) is 57.7 Å². The van der Waals surface area contributed by atoms with Gasteiger partial charge >= 0.3 is 11.9 Å². The number of para-hydroxylation sites is 1. The third kappa shape index (κ3) is 3.83. The van der Waals surface area contributed by atoms with Gasteiger partial charge in [0.1, 0.15) is 16.7 Å². The molecule has 8 nitrogen and oxygen atoms in total. The highest BCUT2D eigenvalue weighted by molar-refractivity contribution is 7.14. The van der Waals surface area contributed by atoms with E-state index in [4.69, 9.17) is 13.6 Å². The monoisotopic (exact) mass is 463 g/mol. The van der Waals surface area contributed by atoms with Crippen LogP contribution in [0.3, 0.4) is 0 Å². The van der Waals surface area contributed by atoms with E-state index in [-0.39, 0.29) is 28.5 Å². The normalized spacial score (nSPS) is 12.5. The molecule has 0 aliphatic heterocycles. The number of nitrogens with one attached hydrogen (secondary N) is 1. The lowest BCUT2D eigenvalue weighted by molar-refractivity contribution is -0.131. The molecular formula is C24H17NO7S. The Morgan fingerprint density at radius 2 is 1.94 bits per heavy atom. The van der Waals surface area contributed by atoms with Crippen LogP contribution in [0.1, 0.15) is 40.7 Å². The lowest BCUT2D eigenvalue weighted by Crippen LogP contribution is -2.21. The van der Waals surface area contributed by atoms with Crippen molar-refractivity contribution in [3.63, 3.8) is 0 Å². The van der Waals surface area contributed by atoms with Crippen molar-refractivity contribution < 1.29 is 33.1 Å². The zero-order valence-electron chi connectivity index (χ0n) is 17.3. The molecule has 0 saturated carbocycles. The van der Waals surface area contributed by atoms with Gasteiger partial charge in [0.25, 0.3) is 5.91 Å². The topological polar surface area (TPSA) is 119 Å². The largest absolute Gasteiger partial charge is 0.478 e. The number of carboxylic acids is 1. The number of amides is 1. The van der Waals surface area contributed by atoms with Gasteiger partial charge in [-0.05, 0) is 37.1 Å². The minimum Gasteiger partial charge on any atom is -0.478 e. The molecule has 33 heavy (non-hydrogen) atoms. The number of thiophene rings is 1. The van der Waals surface area contributed by atoms with E-state index in [1.165, 1.54) is 12.3 Å². The van der Waals surface area contributed by atoms with Crippen molar-refractivity contribution in [1.82, 2.24) is 0 Å². The van der Waals surface area contributed by atoms with E-state index in [9.17, 15) is 19.5 Å². The van der Waals surface area contributed by atoms with E-state index in [1.807, 2.05) is 12.2 Å². The van der Waals surface area contributed by atoms with Crippen LogP contribution in [0.5, 0.6) is 5.75 Å². The minimum absolute atomic E-state index is 0.101. The number of rotatable bonds is 5. The first-order valence-corrected chi connectivity index (χ1v) is 11.0. The van der Waals surface area contributed by atoms with Gasteiger partial charge in [0, 0.05) is 22.9 Å². The second-order valence-electron chi connectivity index (χ2n) is 7.41. The molecule has 1 aliphatic carbocycles. The van der Waals surface area contributed by atoms with E-state index >= 15 is 0 Å². The van der Waals surface area contributed by atoms with E-state index < -0.39 is 17.8 Å². The molecule has 5 rings (SSSR count). The number of hydrogen-bond donors (Lipinski definition) is 2. The van der Waals surface area contributed by atoms with Gasteiger partial charge in [-0.1, -0.05) is 18.2 Å². The minimum atomic E-state index is -1.22. The van der Waals surface area contributed by atoms with E-state index in [2.05, 4.69) is 5.32 Å². The Morgan fingerprint density at radius 1 is 1.12 bits per heavy atom. The van der Waals surface area contributed by atoms with Gasteiger partial charge in [-0.15, -0.1) is 11.3 Å². The fraction of sp³-hybridized carbons (Fsp3) is 0.125. The average molecular weight is 463 g/mol. The van der Waals surface area contributed by atoms with Gasteiger partial charge < -0.3 is 24.0 Å². The molecular weight excluding hydrogens is 446 g/mol. The second kappa shape index (κ2) is 8.10. The molecule has 1 aromatic carbocycles. The maximum Gasteiger partial charge on any atom is 0.339 e. The smallest absolute Gasteiger partial charge is 0.339 e. The summed E-state index contributed by atoms with van der Waals surface area (Å²) in [7, 11) is 0. The van der Waals surface area contributed by atoms with Crippen LogP contribution in [-0.2, 0) is 4.79 Å². The fourth-order valence-electron chi connectivity index (χ4n) is 3.71. The summed E-state index contributed by atoms with van der Waals surface area (Å²) in [6.45, 7) is 1.28. The standard InChI is InChI=1S/C24H17NO7S/c1-12(26)30-17-8-4-6-14-10-18(32-21(14)17)22-20(24(28)29)15(11-33-22)25-23(27)19-9-13-5-2-3-7-16(13)31-19/h4-11H,2-3H2,1H3,(H,25,27)(H,28,29). The summed E-state index contributed by atoms with van der Waals surface area (Å²) in [5.74, 6) is -1.63. The molecule has 166 valence electrons. The highest BCUT2D eigenvalue weighted by Crippen LogP contribution is 2.40. The van der Waals surface area contributed by atoms with Crippen LogP contribution < -0.4 is 20.7 Å². The number of benzene rings is 1. The lowest BCUT2D eigenvalue weighted by Gasteiger charge is -2.03. The lowest BCUT2D eigenvalue weighted by atomic mass is 10.1. The van der Waals surface area contributed by atoms with Crippen molar-refractivity contribution in [3.8, 4) is 16.4 Å². The quantitative estimate of drug-likeness (QED) is 0.339. The molecule has 3 aromatic heterocycles. The molecule has 2 N–H and O–H groups in total. The van der Waals surface area contributed by atoms with Crippen LogP contribution in [0, 0.1) is 0 Å². The Morgan fingerprint density at radius 3 is 2.70 bits per heavy atom. The third-order valence-electron chi connectivity index (χ3n) is 5.11. The van der Waals surface area contributed by atoms with Crippen molar-refractivity contribution in [2.45, 2.75) is 19.8 Å². The predicted molar refractivity (Wildman–Crippen MR) is 122 cm³/mol. The molecule has 0 unspecified atom stereocenters. The summed E-state index contributed by atoms with van der Waals surface area (Å²) in [5, 5.41) is 15.5. The van der Waals surface area contributed by atoms with Crippen LogP contribution in [0.2, 0.25) is 0 Å². The van der Waals surface area contributed by atoms with E-state index in [0.717, 1.165) is 29.4 Å². The molecule has 0 radical (unpaired) electrons. The number of aromatic carboxylic acids is 1. The van der Waals surface area contributed by atoms with Crippen molar-refractivity contribution in [2.75, 3.05) is 5.32 Å². The number of hydrogen-bond acceptors (Lipinski definition) is 7. The molecule has 9 heteroatoms. The number of carbonyl (C=O) groups is 3. The molecule has 0 saturated heterocycles. The van der Waals surface area contributed by atoms with Gasteiger partial charge in [-0.2, -0.15) is 0 Å². The third-order valence-corrected chi connectivity index (χ3v) is 6.11. The average Bonchev–Trinajstić information content (AvgIpc) is 3.49. The first kappa shape index (κ1) is 20.8. The van der Waals surface area contributed by atoms with Gasteiger partial charge in [-0.3, -0.25) is 9.59 Å². The molecule has 0 bridgehead atoms. The number of furan rings is 2. The molecule has 0 fully saturated rings. The number of esters is 1. The van der Waals surface area contributed by atoms with Gasteiger partial charge in [0.15, 0.2) is 17.1 Å². The highest BCUT2D eigenvalue weighted by Gasteiger charge is 2.25. The second-order valence-corrected chi connectivity index (χ2v) is 8.29. The molecule has 1 amide bonds. The van der Waals surface area contributed by atoms with Crippen molar-refractivity contribution in [1.29, 1.82) is 0 Å².